The number of carbonyl (C=O) groups is 1. The molecule has 0 aromatic carbocycles. The molecule has 8 heteroatoms. The van der Waals surface area contributed by atoms with E-state index in [1.54, 1.807) is 16.0 Å². The molecule has 0 aliphatic rings. The van der Waals surface area contributed by atoms with Gasteiger partial charge in [0.15, 0.2) is 0 Å². The van der Waals surface area contributed by atoms with Gasteiger partial charge in [-0.3, -0.25) is 14.5 Å². The molecule has 1 amide bonds. The van der Waals surface area contributed by atoms with Crippen LogP contribution in [0.25, 0.3) is 5.78 Å². The summed E-state index contributed by atoms with van der Waals surface area (Å²) in [4.78, 5) is 20.7. The number of nitrogens with one attached hydrogen (secondary N) is 1. The second kappa shape index (κ2) is 5.57. The smallest absolute Gasteiger partial charge is 0.277 e. The maximum absolute atomic E-state index is 12.2. The molecule has 0 saturated heterocycles. The third kappa shape index (κ3) is 2.75. The summed E-state index contributed by atoms with van der Waals surface area (Å²) < 4.78 is 1.63. The van der Waals surface area contributed by atoms with E-state index in [-0.39, 0.29) is 5.91 Å². The minimum Gasteiger partial charge on any atom is -0.289 e. The van der Waals surface area contributed by atoms with Crippen LogP contribution in [0.2, 0.25) is 0 Å². The Balaban J connectivity index is 1.82. The molecule has 0 aliphatic heterocycles. The molecular formula is C13H14N6OS. The van der Waals surface area contributed by atoms with Gasteiger partial charge < -0.3 is 0 Å². The average Bonchev–Trinajstić information content (AvgIpc) is 3.06. The minimum atomic E-state index is -0.288. The van der Waals surface area contributed by atoms with Crippen LogP contribution in [-0.2, 0) is 6.42 Å². The Labute approximate surface area is 125 Å². The fraction of sp³-hybridized carbons (Fsp3) is 0.308. The lowest BCUT2D eigenvalue weighted by molar-refractivity contribution is 0.102. The van der Waals surface area contributed by atoms with Crippen molar-refractivity contribution < 1.29 is 4.79 Å². The summed E-state index contributed by atoms with van der Waals surface area (Å²) >= 11 is 1.49. The van der Waals surface area contributed by atoms with Gasteiger partial charge >= 0.3 is 0 Å². The molecule has 0 aliphatic carbocycles. The van der Waals surface area contributed by atoms with Crippen LogP contribution in [0.3, 0.4) is 0 Å². The molecule has 108 valence electrons. The van der Waals surface area contributed by atoms with Gasteiger partial charge in [0, 0.05) is 17.3 Å². The number of thiazole rings is 1. The summed E-state index contributed by atoms with van der Waals surface area (Å²) in [6, 6.07) is 1.83. The topological polar surface area (TPSA) is 85.1 Å². The van der Waals surface area contributed by atoms with Crippen molar-refractivity contribution in [2.45, 2.75) is 26.7 Å². The Morgan fingerprint density at radius 1 is 1.38 bits per heavy atom. The van der Waals surface area contributed by atoms with Crippen LogP contribution >= 0.6 is 11.3 Å². The van der Waals surface area contributed by atoms with Crippen molar-refractivity contribution in [1.29, 1.82) is 0 Å². The van der Waals surface area contributed by atoms with Crippen LogP contribution in [0, 0.1) is 6.92 Å². The molecule has 0 radical (unpaired) electrons. The third-order valence-corrected chi connectivity index (χ3v) is 3.80. The minimum absolute atomic E-state index is 0.288. The van der Waals surface area contributed by atoms with Crippen LogP contribution < -0.4 is 5.32 Å². The van der Waals surface area contributed by atoms with Gasteiger partial charge in [-0.25, -0.2) is 9.97 Å². The van der Waals surface area contributed by atoms with Crippen molar-refractivity contribution in [1.82, 2.24) is 24.6 Å². The van der Waals surface area contributed by atoms with E-state index in [2.05, 4.69) is 32.4 Å². The molecule has 0 spiro atoms. The maximum atomic E-state index is 12.2. The predicted octanol–water partition coefficient (Wildman–Crippen LogP) is 2.09. The summed E-state index contributed by atoms with van der Waals surface area (Å²) in [5.41, 5.74) is 1.25. The average molecular weight is 302 g/mol. The number of rotatable bonds is 4. The number of hydrogen-bond donors (Lipinski definition) is 1. The molecule has 3 heterocycles. The highest BCUT2D eigenvalue weighted by Crippen LogP contribution is 2.14. The van der Waals surface area contributed by atoms with Crippen molar-refractivity contribution in [3.63, 3.8) is 0 Å². The summed E-state index contributed by atoms with van der Waals surface area (Å²) in [5.74, 6) is 0.506. The Kier molecular flexibility index (Phi) is 3.61. The zero-order chi connectivity index (χ0) is 14.8. The second-order valence-corrected chi connectivity index (χ2v) is 5.54. The van der Waals surface area contributed by atoms with Crippen molar-refractivity contribution in [3.05, 3.63) is 34.0 Å². The molecule has 3 aromatic rings. The van der Waals surface area contributed by atoms with Gasteiger partial charge in [0.1, 0.15) is 5.69 Å². The van der Waals surface area contributed by atoms with Crippen molar-refractivity contribution >= 4 is 29.0 Å². The maximum Gasteiger partial charge on any atom is 0.277 e. The Morgan fingerprint density at radius 3 is 3.05 bits per heavy atom. The van der Waals surface area contributed by atoms with Crippen molar-refractivity contribution in [2.24, 2.45) is 0 Å². The Bertz CT molecular complexity index is 793. The highest BCUT2D eigenvalue weighted by molar-refractivity contribution is 7.09. The van der Waals surface area contributed by atoms with Gasteiger partial charge in [-0.1, -0.05) is 6.92 Å². The van der Waals surface area contributed by atoms with E-state index in [1.165, 1.54) is 11.3 Å². The van der Waals surface area contributed by atoms with E-state index in [0.29, 0.717) is 17.4 Å². The van der Waals surface area contributed by atoms with E-state index in [9.17, 15) is 4.79 Å². The van der Waals surface area contributed by atoms with Gasteiger partial charge in [-0.2, -0.15) is 0 Å². The first-order valence-electron chi connectivity index (χ1n) is 6.61. The first-order chi connectivity index (χ1) is 10.2. The molecular weight excluding hydrogens is 288 g/mol. The van der Waals surface area contributed by atoms with Gasteiger partial charge in [-0.15, -0.1) is 21.5 Å². The molecule has 3 rings (SSSR count). The van der Waals surface area contributed by atoms with Crippen molar-refractivity contribution in [2.75, 3.05) is 5.32 Å². The number of nitrogens with zero attached hydrogens (tertiary/aromatic N) is 5. The monoisotopic (exact) mass is 302 g/mol. The predicted molar refractivity (Wildman–Crippen MR) is 79.6 cm³/mol. The SMILES string of the molecule is CCCc1nc(C(=O)Nc2nnc3nc(C)ccn23)cs1. The van der Waals surface area contributed by atoms with Crippen LogP contribution in [0.15, 0.2) is 17.6 Å². The zero-order valence-electron chi connectivity index (χ0n) is 11.7. The number of anilines is 1. The molecule has 0 atom stereocenters. The fourth-order valence-corrected chi connectivity index (χ4v) is 2.75. The Morgan fingerprint density at radius 2 is 2.24 bits per heavy atom. The van der Waals surface area contributed by atoms with E-state index in [0.717, 1.165) is 23.5 Å². The van der Waals surface area contributed by atoms with Crippen LogP contribution in [0.5, 0.6) is 0 Å². The van der Waals surface area contributed by atoms with Gasteiger partial charge in [0.05, 0.1) is 5.01 Å². The standard InChI is InChI=1S/C13H14N6OS/c1-3-4-10-15-9(7-21-10)11(20)16-13-18-17-12-14-8(2)5-6-19(12)13/h5-7H,3-4H2,1-2H3,(H,16,18,20). The quantitative estimate of drug-likeness (QED) is 0.797. The molecule has 0 unspecified atom stereocenters. The van der Waals surface area contributed by atoms with E-state index in [1.807, 2.05) is 13.0 Å². The summed E-state index contributed by atoms with van der Waals surface area (Å²) in [6.45, 7) is 3.95. The summed E-state index contributed by atoms with van der Waals surface area (Å²) in [5, 5.41) is 13.3. The lowest BCUT2D eigenvalue weighted by atomic mass is 10.3. The number of amides is 1. The number of aromatic nitrogens is 5. The first-order valence-corrected chi connectivity index (χ1v) is 7.49. The fourth-order valence-electron chi connectivity index (χ4n) is 1.87. The van der Waals surface area contributed by atoms with Gasteiger partial charge in [0.2, 0.25) is 5.95 Å². The molecule has 0 fully saturated rings. The number of hydrogen-bond acceptors (Lipinski definition) is 6. The Hall–Kier alpha value is -2.35. The van der Waals surface area contributed by atoms with E-state index >= 15 is 0 Å². The van der Waals surface area contributed by atoms with Crippen LogP contribution in [-0.4, -0.2) is 30.5 Å². The van der Waals surface area contributed by atoms with Crippen LogP contribution in [0.1, 0.15) is 34.5 Å². The molecule has 1 N–H and O–H groups in total. The highest BCUT2D eigenvalue weighted by atomic mass is 32.1. The lowest BCUT2D eigenvalue weighted by Gasteiger charge is -2.01. The zero-order valence-corrected chi connectivity index (χ0v) is 12.5. The number of fused-ring (bicyclic) bond motifs is 1. The van der Waals surface area contributed by atoms with E-state index < -0.39 is 0 Å². The number of carbonyl (C=O) groups excluding carboxylic acids is 1. The van der Waals surface area contributed by atoms with Gasteiger partial charge in [-0.05, 0) is 25.8 Å². The van der Waals surface area contributed by atoms with Crippen molar-refractivity contribution in [3.8, 4) is 0 Å². The van der Waals surface area contributed by atoms with Crippen LogP contribution in [0.4, 0.5) is 5.95 Å². The molecule has 21 heavy (non-hydrogen) atoms. The first kappa shape index (κ1) is 13.6. The molecule has 0 bridgehead atoms. The highest BCUT2D eigenvalue weighted by Gasteiger charge is 2.14. The van der Waals surface area contributed by atoms with E-state index in [4.69, 9.17) is 0 Å². The molecule has 0 saturated carbocycles. The van der Waals surface area contributed by atoms with Gasteiger partial charge in [0.25, 0.3) is 11.7 Å². The third-order valence-electron chi connectivity index (χ3n) is 2.89. The molecule has 7 nitrogen and oxygen atoms in total. The normalized spacial score (nSPS) is 11.0. The number of aryl methyl sites for hydroxylation is 2. The lowest BCUT2D eigenvalue weighted by Crippen LogP contribution is -2.14. The summed E-state index contributed by atoms with van der Waals surface area (Å²) in [6.07, 6.45) is 3.67. The molecule has 3 aromatic heterocycles. The second-order valence-electron chi connectivity index (χ2n) is 4.59. The summed E-state index contributed by atoms with van der Waals surface area (Å²) in [7, 11) is 0. The largest absolute Gasteiger partial charge is 0.289 e.